The standard InChI is InChI=1S/C16H21N3O/c1-11-9-19(10-16-18-12(2)13(3)20-16)15-7-5-4-6-14(15)8-17-11/h4-7,11,17H,8-10H2,1-3H3. The molecular formula is C16H21N3O. The fourth-order valence-electron chi connectivity index (χ4n) is 2.67. The molecule has 1 N–H and O–H groups in total. The highest BCUT2D eigenvalue weighted by atomic mass is 16.4. The van der Waals surface area contributed by atoms with Gasteiger partial charge in [0.15, 0.2) is 0 Å². The first-order chi connectivity index (χ1) is 9.63. The number of aryl methyl sites for hydroxylation is 2. The molecule has 0 bridgehead atoms. The average Bonchev–Trinajstić information content (AvgIpc) is 2.65. The Morgan fingerprint density at radius 1 is 1.35 bits per heavy atom. The minimum atomic E-state index is 0.444. The Balaban J connectivity index is 1.90. The SMILES string of the molecule is Cc1nc(CN2CC(C)NCc3ccccc32)oc1C. The Kier molecular flexibility index (Phi) is 3.49. The first-order valence-corrected chi connectivity index (χ1v) is 7.12. The number of oxazole rings is 1. The molecule has 2 aromatic rings. The van der Waals surface area contributed by atoms with Gasteiger partial charge in [-0.05, 0) is 32.4 Å². The van der Waals surface area contributed by atoms with Crippen molar-refractivity contribution in [3.63, 3.8) is 0 Å². The molecule has 1 aromatic carbocycles. The number of benzene rings is 1. The van der Waals surface area contributed by atoms with Gasteiger partial charge in [-0.2, -0.15) is 0 Å². The lowest BCUT2D eigenvalue weighted by Gasteiger charge is -2.24. The molecule has 3 rings (SSSR count). The number of nitrogens with zero attached hydrogens (tertiary/aromatic N) is 2. The molecule has 1 aliphatic rings. The summed E-state index contributed by atoms with van der Waals surface area (Å²) in [4.78, 5) is 6.86. The number of hydrogen-bond acceptors (Lipinski definition) is 4. The number of para-hydroxylation sites is 1. The third-order valence-corrected chi connectivity index (χ3v) is 3.87. The molecule has 1 unspecified atom stereocenters. The molecule has 0 amide bonds. The molecule has 0 radical (unpaired) electrons. The molecule has 1 aliphatic heterocycles. The van der Waals surface area contributed by atoms with E-state index in [0.717, 1.165) is 37.0 Å². The van der Waals surface area contributed by atoms with Gasteiger partial charge in [-0.1, -0.05) is 18.2 Å². The highest BCUT2D eigenvalue weighted by Gasteiger charge is 2.20. The zero-order chi connectivity index (χ0) is 14.1. The number of nitrogens with one attached hydrogen (secondary N) is 1. The number of hydrogen-bond donors (Lipinski definition) is 1. The van der Waals surface area contributed by atoms with Crippen LogP contribution in [0, 0.1) is 13.8 Å². The Morgan fingerprint density at radius 2 is 2.15 bits per heavy atom. The van der Waals surface area contributed by atoms with Crippen LogP contribution in [0.4, 0.5) is 5.69 Å². The van der Waals surface area contributed by atoms with Gasteiger partial charge in [0.25, 0.3) is 0 Å². The van der Waals surface area contributed by atoms with Crippen LogP contribution in [-0.2, 0) is 13.1 Å². The molecule has 0 fully saturated rings. The highest BCUT2D eigenvalue weighted by Crippen LogP contribution is 2.25. The average molecular weight is 271 g/mol. The molecule has 106 valence electrons. The third-order valence-electron chi connectivity index (χ3n) is 3.87. The third kappa shape index (κ3) is 2.56. The van der Waals surface area contributed by atoms with Crippen molar-refractivity contribution in [2.45, 2.75) is 39.9 Å². The van der Waals surface area contributed by atoms with Crippen molar-refractivity contribution >= 4 is 5.69 Å². The Morgan fingerprint density at radius 3 is 2.90 bits per heavy atom. The Bertz CT molecular complexity index is 586. The minimum Gasteiger partial charge on any atom is -0.444 e. The van der Waals surface area contributed by atoms with Gasteiger partial charge < -0.3 is 14.6 Å². The topological polar surface area (TPSA) is 41.3 Å². The van der Waals surface area contributed by atoms with Crippen LogP contribution in [0.15, 0.2) is 28.7 Å². The summed E-state index contributed by atoms with van der Waals surface area (Å²) < 4.78 is 5.73. The summed E-state index contributed by atoms with van der Waals surface area (Å²) >= 11 is 0. The molecular weight excluding hydrogens is 250 g/mol. The Labute approximate surface area is 119 Å². The zero-order valence-electron chi connectivity index (χ0n) is 12.3. The number of aromatic nitrogens is 1. The van der Waals surface area contributed by atoms with Gasteiger partial charge in [0.05, 0.1) is 12.2 Å². The van der Waals surface area contributed by atoms with E-state index in [4.69, 9.17) is 4.42 Å². The lowest BCUT2D eigenvalue weighted by molar-refractivity contribution is 0.458. The van der Waals surface area contributed by atoms with E-state index < -0.39 is 0 Å². The van der Waals surface area contributed by atoms with Crippen molar-refractivity contribution in [3.05, 3.63) is 47.2 Å². The van der Waals surface area contributed by atoms with E-state index in [-0.39, 0.29) is 0 Å². The fraction of sp³-hybridized carbons (Fsp3) is 0.438. The van der Waals surface area contributed by atoms with Crippen LogP contribution in [0.3, 0.4) is 0 Å². The van der Waals surface area contributed by atoms with Crippen LogP contribution in [-0.4, -0.2) is 17.6 Å². The fourth-order valence-corrected chi connectivity index (χ4v) is 2.67. The van der Waals surface area contributed by atoms with Crippen LogP contribution in [0.1, 0.15) is 29.8 Å². The number of fused-ring (bicyclic) bond motifs is 1. The van der Waals surface area contributed by atoms with Gasteiger partial charge >= 0.3 is 0 Å². The van der Waals surface area contributed by atoms with E-state index in [2.05, 4.69) is 46.4 Å². The lowest BCUT2D eigenvalue weighted by Crippen LogP contribution is -2.35. The van der Waals surface area contributed by atoms with Gasteiger partial charge in [-0.15, -0.1) is 0 Å². The lowest BCUT2D eigenvalue weighted by atomic mass is 10.1. The molecule has 20 heavy (non-hydrogen) atoms. The summed E-state index contributed by atoms with van der Waals surface area (Å²) in [5.74, 6) is 1.71. The maximum absolute atomic E-state index is 5.73. The van der Waals surface area contributed by atoms with E-state index in [9.17, 15) is 0 Å². The van der Waals surface area contributed by atoms with Crippen LogP contribution >= 0.6 is 0 Å². The maximum atomic E-state index is 5.73. The van der Waals surface area contributed by atoms with Crippen molar-refractivity contribution in [1.29, 1.82) is 0 Å². The summed E-state index contributed by atoms with van der Waals surface area (Å²) in [6, 6.07) is 8.98. The monoisotopic (exact) mass is 271 g/mol. The summed E-state index contributed by atoms with van der Waals surface area (Å²) in [5, 5.41) is 3.54. The number of rotatable bonds is 2. The smallest absolute Gasteiger partial charge is 0.214 e. The molecule has 0 saturated carbocycles. The van der Waals surface area contributed by atoms with E-state index in [1.54, 1.807) is 0 Å². The summed E-state index contributed by atoms with van der Waals surface area (Å²) in [6.07, 6.45) is 0. The molecule has 0 spiro atoms. The highest BCUT2D eigenvalue weighted by molar-refractivity contribution is 5.54. The second-order valence-corrected chi connectivity index (χ2v) is 5.54. The number of anilines is 1. The van der Waals surface area contributed by atoms with Gasteiger partial charge in [0, 0.05) is 24.8 Å². The molecule has 4 heteroatoms. The van der Waals surface area contributed by atoms with Crippen LogP contribution in [0.25, 0.3) is 0 Å². The van der Waals surface area contributed by atoms with E-state index in [1.807, 2.05) is 13.8 Å². The maximum Gasteiger partial charge on any atom is 0.214 e. The van der Waals surface area contributed by atoms with Crippen molar-refractivity contribution in [2.24, 2.45) is 0 Å². The summed E-state index contributed by atoms with van der Waals surface area (Å²) in [7, 11) is 0. The Hall–Kier alpha value is -1.81. The molecule has 0 saturated heterocycles. The second-order valence-electron chi connectivity index (χ2n) is 5.54. The van der Waals surface area contributed by atoms with E-state index in [1.165, 1.54) is 11.3 Å². The molecule has 1 atom stereocenters. The summed E-state index contributed by atoms with van der Waals surface area (Å²) in [5.41, 5.74) is 3.59. The largest absolute Gasteiger partial charge is 0.444 e. The first kappa shape index (κ1) is 13.2. The zero-order valence-corrected chi connectivity index (χ0v) is 12.3. The van der Waals surface area contributed by atoms with Gasteiger partial charge in [0.2, 0.25) is 5.89 Å². The van der Waals surface area contributed by atoms with Gasteiger partial charge in [-0.25, -0.2) is 4.98 Å². The quantitative estimate of drug-likeness (QED) is 0.912. The van der Waals surface area contributed by atoms with E-state index >= 15 is 0 Å². The van der Waals surface area contributed by atoms with Crippen LogP contribution < -0.4 is 10.2 Å². The van der Waals surface area contributed by atoms with E-state index in [0.29, 0.717) is 6.04 Å². The predicted octanol–water partition coefficient (Wildman–Crippen LogP) is 2.79. The van der Waals surface area contributed by atoms with Crippen molar-refractivity contribution in [2.75, 3.05) is 11.4 Å². The molecule has 0 aliphatic carbocycles. The van der Waals surface area contributed by atoms with Crippen LogP contribution in [0.2, 0.25) is 0 Å². The normalized spacial score (nSPS) is 18.8. The predicted molar refractivity (Wildman–Crippen MR) is 79.8 cm³/mol. The minimum absolute atomic E-state index is 0.444. The van der Waals surface area contributed by atoms with Crippen molar-refractivity contribution in [1.82, 2.24) is 10.3 Å². The van der Waals surface area contributed by atoms with Crippen molar-refractivity contribution in [3.8, 4) is 0 Å². The first-order valence-electron chi connectivity index (χ1n) is 7.12. The molecule has 1 aromatic heterocycles. The van der Waals surface area contributed by atoms with Gasteiger partial charge in [0.1, 0.15) is 5.76 Å². The van der Waals surface area contributed by atoms with Crippen LogP contribution in [0.5, 0.6) is 0 Å². The van der Waals surface area contributed by atoms with Gasteiger partial charge in [-0.3, -0.25) is 0 Å². The summed E-state index contributed by atoms with van der Waals surface area (Å²) in [6.45, 7) is 8.76. The molecule has 4 nitrogen and oxygen atoms in total. The molecule has 2 heterocycles. The van der Waals surface area contributed by atoms with Crippen molar-refractivity contribution < 1.29 is 4.42 Å². The second kappa shape index (κ2) is 5.29.